The summed E-state index contributed by atoms with van der Waals surface area (Å²) >= 11 is 0. The van der Waals surface area contributed by atoms with Gasteiger partial charge in [-0.15, -0.1) is 0 Å². The number of rotatable bonds is 6. The van der Waals surface area contributed by atoms with E-state index in [0.29, 0.717) is 17.2 Å². The smallest absolute Gasteiger partial charge is 0.339 e. The quantitative estimate of drug-likeness (QED) is 0.754. The molecule has 0 atom stereocenters. The maximum atomic E-state index is 12.5. The summed E-state index contributed by atoms with van der Waals surface area (Å²) in [5.74, 6) is 1.26. The Morgan fingerprint density at radius 1 is 0.870 bits per heavy atom. The van der Waals surface area contributed by atoms with E-state index in [1.807, 2.05) is 26.0 Å². The van der Waals surface area contributed by atoms with Gasteiger partial charge >= 0.3 is 10.1 Å². The molecule has 0 aromatic heterocycles. The van der Waals surface area contributed by atoms with Gasteiger partial charge in [-0.3, -0.25) is 0 Å². The fourth-order valence-electron chi connectivity index (χ4n) is 2.17. The maximum absolute atomic E-state index is 12.5. The highest BCUT2D eigenvalue weighted by Crippen LogP contribution is 2.32. The van der Waals surface area contributed by atoms with E-state index in [0.717, 1.165) is 5.56 Å². The highest BCUT2D eigenvalue weighted by Gasteiger charge is 2.21. The van der Waals surface area contributed by atoms with Gasteiger partial charge in [-0.25, -0.2) is 0 Å². The van der Waals surface area contributed by atoms with E-state index in [1.54, 1.807) is 12.1 Å². The number of hydrogen-bond acceptors (Lipinski definition) is 5. The standard InChI is InChI=1S/C17H20O5S/c1-12(2)14-7-5-6-8-15(14)22-23(18,19)13-9-10-16(20-3)17(11-13)21-4/h5-12H,1-4H3. The van der Waals surface area contributed by atoms with Gasteiger partial charge in [0.1, 0.15) is 10.6 Å². The second kappa shape index (κ2) is 6.91. The van der Waals surface area contributed by atoms with Crippen LogP contribution in [0.25, 0.3) is 0 Å². The van der Waals surface area contributed by atoms with E-state index in [9.17, 15) is 8.42 Å². The van der Waals surface area contributed by atoms with Crippen molar-refractivity contribution in [1.29, 1.82) is 0 Å². The second-order valence-corrected chi connectivity index (χ2v) is 6.79. The van der Waals surface area contributed by atoms with Crippen molar-refractivity contribution in [2.24, 2.45) is 0 Å². The van der Waals surface area contributed by atoms with E-state index < -0.39 is 10.1 Å². The molecule has 0 unspecified atom stereocenters. The van der Waals surface area contributed by atoms with Crippen LogP contribution in [0.15, 0.2) is 47.4 Å². The third kappa shape index (κ3) is 3.76. The molecule has 0 saturated carbocycles. The van der Waals surface area contributed by atoms with Gasteiger partial charge in [0, 0.05) is 6.07 Å². The average molecular weight is 336 g/mol. The highest BCUT2D eigenvalue weighted by molar-refractivity contribution is 7.87. The Bertz CT molecular complexity index is 781. The van der Waals surface area contributed by atoms with Crippen molar-refractivity contribution < 1.29 is 22.1 Å². The van der Waals surface area contributed by atoms with Crippen LogP contribution in [-0.4, -0.2) is 22.6 Å². The summed E-state index contributed by atoms with van der Waals surface area (Å²) in [7, 11) is -1.03. The predicted molar refractivity (Wildman–Crippen MR) is 87.9 cm³/mol. The van der Waals surface area contributed by atoms with Gasteiger partial charge in [-0.05, 0) is 29.7 Å². The van der Waals surface area contributed by atoms with Crippen LogP contribution in [0.3, 0.4) is 0 Å². The molecular formula is C17H20O5S. The fraction of sp³-hybridized carbons (Fsp3) is 0.294. The minimum Gasteiger partial charge on any atom is -0.493 e. The van der Waals surface area contributed by atoms with Gasteiger partial charge in [-0.2, -0.15) is 8.42 Å². The van der Waals surface area contributed by atoms with Crippen LogP contribution in [-0.2, 0) is 10.1 Å². The monoisotopic (exact) mass is 336 g/mol. The van der Waals surface area contributed by atoms with Gasteiger partial charge < -0.3 is 13.7 Å². The molecule has 5 nitrogen and oxygen atoms in total. The van der Waals surface area contributed by atoms with Crippen molar-refractivity contribution in [3.8, 4) is 17.2 Å². The minimum atomic E-state index is -3.96. The Morgan fingerprint density at radius 2 is 1.52 bits per heavy atom. The molecule has 124 valence electrons. The Hall–Kier alpha value is -2.21. The molecule has 23 heavy (non-hydrogen) atoms. The molecule has 0 N–H and O–H groups in total. The lowest BCUT2D eigenvalue weighted by Gasteiger charge is -2.14. The molecule has 0 radical (unpaired) electrons. The van der Waals surface area contributed by atoms with Crippen LogP contribution in [0.4, 0.5) is 0 Å². The van der Waals surface area contributed by atoms with Crippen LogP contribution in [0, 0.1) is 0 Å². The Balaban J connectivity index is 2.40. The first kappa shape index (κ1) is 17.1. The Morgan fingerprint density at radius 3 is 2.13 bits per heavy atom. The molecule has 0 aliphatic carbocycles. The summed E-state index contributed by atoms with van der Waals surface area (Å²) in [5, 5.41) is 0. The first-order chi connectivity index (χ1) is 10.9. The number of methoxy groups -OCH3 is 2. The molecule has 6 heteroatoms. The van der Waals surface area contributed by atoms with Gasteiger partial charge in [-0.1, -0.05) is 32.0 Å². The number of para-hydroxylation sites is 1. The summed E-state index contributed by atoms with van der Waals surface area (Å²) in [6, 6.07) is 11.4. The van der Waals surface area contributed by atoms with Crippen LogP contribution < -0.4 is 13.7 Å². The largest absolute Gasteiger partial charge is 0.493 e. The zero-order valence-electron chi connectivity index (χ0n) is 13.6. The van der Waals surface area contributed by atoms with E-state index >= 15 is 0 Å². The predicted octanol–water partition coefficient (Wildman–Crippen LogP) is 3.59. The third-order valence-corrected chi connectivity index (χ3v) is 4.61. The van der Waals surface area contributed by atoms with Gasteiger partial charge in [0.05, 0.1) is 14.2 Å². The Kier molecular flexibility index (Phi) is 5.15. The zero-order chi connectivity index (χ0) is 17.0. The van der Waals surface area contributed by atoms with Crippen molar-refractivity contribution >= 4 is 10.1 Å². The van der Waals surface area contributed by atoms with E-state index in [2.05, 4.69) is 0 Å². The minimum absolute atomic E-state index is 0.00806. The molecule has 2 aromatic rings. The van der Waals surface area contributed by atoms with Crippen molar-refractivity contribution in [2.45, 2.75) is 24.7 Å². The molecule has 2 aromatic carbocycles. The molecule has 2 rings (SSSR count). The number of benzene rings is 2. The zero-order valence-corrected chi connectivity index (χ0v) is 14.4. The number of hydrogen-bond donors (Lipinski definition) is 0. The normalized spacial score (nSPS) is 11.3. The SMILES string of the molecule is COc1ccc(S(=O)(=O)Oc2ccccc2C(C)C)cc1OC. The summed E-state index contributed by atoms with van der Waals surface area (Å²) in [6.07, 6.45) is 0. The van der Waals surface area contributed by atoms with E-state index in [-0.39, 0.29) is 10.8 Å². The molecule has 0 aliphatic rings. The molecule has 0 spiro atoms. The molecule has 0 amide bonds. The van der Waals surface area contributed by atoms with Crippen LogP contribution in [0.2, 0.25) is 0 Å². The third-order valence-electron chi connectivity index (χ3n) is 3.38. The average Bonchev–Trinajstić information content (AvgIpc) is 2.54. The van der Waals surface area contributed by atoms with Gasteiger partial charge in [0.2, 0.25) is 0 Å². The lowest BCUT2D eigenvalue weighted by atomic mass is 10.0. The van der Waals surface area contributed by atoms with Crippen molar-refractivity contribution in [3.05, 3.63) is 48.0 Å². The first-order valence-corrected chi connectivity index (χ1v) is 8.55. The van der Waals surface area contributed by atoms with Crippen LogP contribution >= 0.6 is 0 Å². The van der Waals surface area contributed by atoms with Crippen molar-refractivity contribution in [2.75, 3.05) is 14.2 Å². The summed E-state index contributed by atoms with van der Waals surface area (Å²) in [6.45, 7) is 3.95. The molecule has 0 bridgehead atoms. The highest BCUT2D eigenvalue weighted by atomic mass is 32.2. The maximum Gasteiger partial charge on any atom is 0.339 e. The molecule has 0 heterocycles. The van der Waals surface area contributed by atoms with Crippen molar-refractivity contribution in [3.63, 3.8) is 0 Å². The summed E-state index contributed by atoms with van der Waals surface area (Å²) < 4.78 is 40.6. The fourth-order valence-corrected chi connectivity index (χ4v) is 3.14. The molecule has 0 aliphatic heterocycles. The topological polar surface area (TPSA) is 61.8 Å². The van der Waals surface area contributed by atoms with E-state index in [4.69, 9.17) is 13.7 Å². The first-order valence-electron chi connectivity index (χ1n) is 7.14. The molecular weight excluding hydrogens is 316 g/mol. The molecule has 0 fully saturated rings. The summed E-state index contributed by atoms with van der Waals surface area (Å²) in [5.41, 5.74) is 0.830. The van der Waals surface area contributed by atoms with Crippen LogP contribution in [0.1, 0.15) is 25.3 Å². The van der Waals surface area contributed by atoms with Gasteiger partial charge in [0.15, 0.2) is 11.5 Å². The number of ether oxygens (including phenoxy) is 2. The lowest BCUT2D eigenvalue weighted by molar-refractivity contribution is 0.353. The van der Waals surface area contributed by atoms with Crippen molar-refractivity contribution in [1.82, 2.24) is 0 Å². The molecule has 0 saturated heterocycles. The lowest BCUT2D eigenvalue weighted by Crippen LogP contribution is -2.11. The van der Waals surface area contributed by atoms with E-state index in [1.165, 1.54) is 32.4 Å². The van der Waals surface area contributed by atoms with Gasteiger partial charge in [0.25, 0.3) is 0 Å². The Labute approximate surface area is 136 Å². The van der Waals surface area contributed by atoms with Crippen LogP contribution in [0.5, 0.6) is 17.2 Å². The second-order valence-electron chi connectivity index (χ2n) is 5.25. The summed E-state index contributed by atoms with van der Waals surface area (Å²) in [4.78, 5) is 0.00806.